The molecule has 2 N–H and O–H groups in total. The van der Waals surface area contributed by atoms with Gasteiger partial charge >= 0.3 is 0 Å². The molecular formula is C10H16ClN3O. The van der Waals surface area contributed by atoms with Gasteiger partial charge in [0.05, 0.1) is 6.10 Å². The van der Waals surface area contributed by atoms with E-state index in [2.05, 4.69) is 15.5 Å². The van der Waals surface area contributed by atoms with E-state index in [9.17, 15) is 0 Å². The average Bonchev–Trinajstić information content (AvgIpc) is 2.16. The summed E-state index contributed by atoms with van der Waals surface area (Å²) in [6, 6.07) is 1.86. The molecule has 0 aliphatic rings. The lowest BCUT2D eigenvalue weighted by Crippen LogP contribution is -2.16. The van der Waals surface area contributed by atoms with Gasteiger partial charge in [0.1, 0.15) is 5.82 Å². The Balaban J connectivity index is 2.78. The van der Waals surface area contributed by atoms with Crippen LogP contribution in [0.2, 0.25) is 5.15 Å². The van der Waals surface area contributed by atoms with Gasteiger partial charge < -0.3 is 10.4 Å². The first-order chi connectivity index (χ1) is 7.00. The highest BCUT2D eigenvalue weighted by atomic mass is 35.5. The van der Waals surface area contributed by atoms with Gasteiger partial charge in [-0.05, 0) is 24.5 Å². The van der Waals surface area contributed by atoms with Crippen molar-refractivity contribution < 1.29 is 5.11 Å². The summed E-state index contributed by atoms with van der Waals surface area (Å²) < 4.78 is 0. The second kappa shape index (κ2) is 5.28. The Hall–Kier alpha value is -0.870. The zero-order valence-corrected chi connectivity index (χ0v) is 9.91. The van der Waals surface area contributed by atoms with Crippen LogP contribution in [0.1, 0.15) is 32.3 Å². The minimum Gasteiger partial charge on any atom is -0.392 e. The largest absolute Gasteiger partial charge is 0.392 e. The van der Waals surface area contributed by atoms with Crippen LogP contribution in [0.15, 0.2) is 6.07 Å². The van der Waals surface area contributed by atoms with Gasteiger partial charge in [-0.2, -0.15) is 0 Å². The Labute approximate surface area is 94.7 Å². The quantitative estimate of drug-likeness (QED) is 0.830. The third kappa shape index (κ3) is 3.64. The van der Waals surface area contributed by atoms with E-state index in [0.717, 1.165) is 5.56 Å². The molecule has 1 heterocycles. The molecule has 15 heavy (non-hydrogen) atoms. The van der Waals surface area contributed by atoms with Crippen molar-refractivity contribution in [1.29, 1.82) is 0 Å². The van der Waals surface area contributed by atoms with E-state index in [4.69, 9.17) is 16.7 Å². The van der Waals surface area contributed by atoms with Crippen molar-refractivity contribution >= 4 is 17.4 Å². The summed E-state index contributed by atoms with van der Waals surface area (Å²) in [7, 11) is 0. The molecule has 0 fully saturated rings. The van der Waals surface area contributed by atoms with Gasteiger partial charge in [0.25, 0.3) is 0 Å². The first-order valence-electron chi connectivity index (χ1n) is 4.95. The summed E-state index contributed by atoms with van der Waals surface area (Å²) >= 11 is 5.90. The first kappa shape index (κ1) is 12.2. The predicted octanol–water partition coefficient (Wildman–Crippen LogP) is 2.05. The van der Waals surface area contributed by atoms with Gasteiger partial charge in [-0.25, -0.2) is 0 Å². The molecule has 0 radical (unpaired) electrons. The number of aliphatic hydroxyl groups excluding tert-OH is 1. The van der Waals surface area contributed by atoms with Crippen molar-refractivity contribution in [1.82, 2.24) is 10.2 Å². The van der Waals surface area contributed by atoms with Crippen LogP contribution in [-0.2, 0) is 0 Å². The Kier molecular flexibility index (Phi) is 4.29. The van der Waals surface area contributed by atoms with Crippen molar-refractivity contribution in [3.05, 3.63) is 16.8 Å². The molecule has 1 atom stereocenters. The monoisotopic (exact) mass is 229 g/mol. The average molecular weight is 230 g/mol. The Morgan fingerprint density at radius 3 is 2.60 bits per heavy atom. The lowest BCUT2D eigenvalue weighted by atomic mass is 10.1. The fourth-order valence-electron chi connectivity index (χ4n) is 1.13. The van der Waals surface area contributed by atoms with Gasteiger partial charge in [-0.15, -0.1) is 10.2 Å². The van der Waals surface area contributed by atoms with Crippen molar-refractivity contribution in [2.45, 2.75) is 32.8 Å². The highest BCUT2D eigenvalue weighted by Crippen LogP contribution is 2.23. The lowest BCUT2D eigenvalue weighted by Gasteiger charge is -2.11. The van der Waals surface area contributed by atoms with Gasteiger partial charge in [0.2, 0.25) is 0 Å². The van der Waals surface area contributed by atoms with Crippen LogP contribution in [0.3, 0.4) is 0 Å². The summed E-state index contributed by atoms with van der Waals surface area (Å²) in [6.07, 6.45) is -0.412. The van der Waals surface area contributed by atoms with Crippen molar-refractivity contribution in [3.63, 3.8) is 0 Å². The zero-order chi connectivity index (χ0) is 11.4. The first-order valence-corrected chi connectivity index (χ1v) is 5.33. The second-order valence-electron chi connectivity index (χ2n) is 3.86. The molecule has 0 spiro atoms. The van der Waals surface area contributed by atoms with Crippen LogP contribution < -0.4 is 5.32 Å². The van der Waals surface area contributed by atoms with E-state index in [0.29, 0.717) is 23.4 Å². The molecule has 1 aromatic rings. The third-order valence-electron chi connectivity index (χ3n) is 1.98. The lowest BCUT2D eigenvalue weighted by molar-refractivity contribution is 0.208. The number of aliphatic hydroxyl groups is 1. The molecule has 0 amide bonds. The standard InChI is InChI=1S/C10H16ClN3O/c1-6(2)8-4-9(12-5-7(3)15)13-14-10(8)11/h4,6-7,15H,5H2,1-3H3,(H,12,13)/t7-/m1/s1. The molecule has 5 heteroatoms. The van der Waals surface area contributed by atoms with Gasteiger partial charge in [-0.3, -0.25) is 0 Å². The van der Waals surface area contributed by atoms with Crippen molar-refractivity contribution in [2.75, 3.05) is 11.9 Å². The van der Waals surface area contributed by atoms with Crippen molar-refractivity contribution in [3.8, 4) is 0 Å². The maximum atomic E-state index is 9.11. The van der Waals surface area contributed by atoms with E-state index in [-0.39, 0.29) is 0 Å². The summed E-state index contributed by atoms with van der Waals surface area (Å²) in [5.74, 6) is 0.948. The molecule has 0 bridgehead atoms. The Bertz CT molecular complexity index is 328. The summed E-state index contributed by atoms with van der Waals surface area (Å²) in [5.41, 5.74) is 0.958. The fourth-order valence-corrected chi connectivity index (χ4v) is 1.45. The molecular weight excluding hydrogens is 214 g/mol. The summed E-state index contributed by atoms with van der Waals surface area (Å²) in [5, 5.41) is 20.3. The highest BCUT2D eigenvalue weighted by molar-refractivity contribution is 6.30. The molecule has 0 saturated carbocycles. The summed E-state index contributed by atoms with van der Waals surface area (Å²) in [6.45, 7) is 6.25. The number of rotatable bonds is 4. The van der Waals surface area contributed by atoms with Crippen LogP contribution in [0.25, 0.3) is 0 Å². The van der Waals surface area contributed by atoms with Gasteiger partial charge in [0.15, 0.2) is 5.15 Å². The highest BCUT2D eigenvalue weighted by Gasteiger charge is 2.08. The minimum absolute atomic E-state index is 0.306. The topological polar surface area (TPSA) is 58.0 Å². The number of hydrogen-bond acceptors (Lipinski definition) is 4. The number of hydrogen-bond donors (Lipinski definition) is 2. The maximum absolute atomic E-state index is 9.11. The minimum atomic E-state index is -0.412. The molecule has 0 aromatic carbocycles. The van der Waals surface area contributed by atoms with Crippen LogP contribution in [0.4, 0.5) is 5.82 Å². The predicted molar refractivity (Wildman–Crippen MR) is 61.3 cm³/mol. The van der Waals surface area contributed by atoms with Crippen LogP contribution in [0, 0.1) is 0 Å². The third-order valence-corrected chi connectivity index (χ3v) is 2.27. The van der Waals surface area contributed by atoms with E-state index in [1.165, 1.54) is 0 Å². The Morgan fingerprint density at radius 1 is 1.40 bits per heavy atom. The summed E-state index contributed by atoms with van der Waals surface area (Å²) in [4.78, 5) is 0. The van der Waals surface area contributed by atoms with Crippen LogP contribution in [-0.4, -0.2) is 28.0 Å². The number of nitrogens with one attached hydrogen (secondary N) is 1. The number of anilines is 1. The molecule has 4 nitrogen and oxygen atoms in total. The molecule has 0 aliphatic carbocycles. The van der Waals surface area contributed by atoms with E-state index in [1.54, 1.807) is 6.92 Å². The number of nitrogens with zero attached hydrogens (tertiary/aromatic N) is 2. The molecule has 0 aliphatic heterocycles. The van der Waals surface area contributed by atoms with E-state index < -0.39 is 6.10 Å². The smallest absolute Gasteiger partial charge is 0.155 e. The maximum Gasteiger partial charge on any atom is 0.155 e. The molecule has 0 saturated heterocycles. The molecule has 84 valence electrons. The molecule has 0 unspecified atom stereocenters. The van der Waals surface area contributed by atoms with E-state index >= 15 is 0 Å². The normalized spacial score (nSPS) is 12.9. The second-order valence-corrected chi connectivity index (χ2v) is 4.22. The number of aromatic nitrogens is 2. The van der Waals surface area contributed by atoms with Crippen LogP contribution >= 0.6 is 11.6 Å². The van der Waals surface area contributed by atoms with Gasteiger partial charge in [0, 0.05) is 6.54 Å². The zero-order valence-electron chi connectivity index (χ0n) is 9.16. The molecule has 1 rings (SSSR count). The van der Waals surface area contributed by atoms with Crippen molar-refractivity contribution in [2.24, 2.45) is 0 Å². The van der Waals surface area contributed by atoms with E-state index in [1.807, 2.05) is 19.9 Å². The van der Waals surface area contributed by atoms with Gasteiger partial charge in [-0.1, -0.05) is 25.4 Å². The Morgan fingerprint density at radius 2 is 2.07 bits per heavy atom. The van der Waals surface area contributed by atoms with Crippen LogP contribution in [0.5, 0.6) is 0 Å². The SMILES string of the molecule is CC(C)c1cc(NC[C@@H](C)O)nnc1Cl. The molecule has 1 aromatic heterocycles. The fraction of sp³-hybridized carbons (Fsp3) is 0.600. The number of halogens is 1.